The van der Waals surface area contributed by atoms with E-state index in [4.69, 9.17) is 16.7 Å². The Labute approximate surface area is 112 Å². The van der Waals surface area contributed by atoms with Crippen LogP contribution in [0.25, 0.3) is 10.8 Å². The second-order valence-corrected chi connectivity index (χ2v) is 3.41. The van der Waals surface area contributed by atoms with Crippen LogP contribution >= 0.6 is 11.6 Å². The number of halogens is 1. The molecule has 0 unspecified atom stereocenters. The first kappa shape index (κ1) is 12.5. The van der Waals surface area contributed by atoms with Crippen molar-refractivity contribution in [3.05, 3.63) is 47.0 Å². The Hall–Kier alpha value is -0.618. The zero-order valence-corrected chi connectivity index (χ0v) is 13.0. The van der Waals surface area contributed by atoms with Gasteiger partial charge in [-0.15, -0.1) is 0 Å². The predicted molar refractivity (Wildman–Crippen MR) is 61.7 cm³/mol. The molecule has 2 aromatic carbocycles. The van der Waals surface area contributed by atoms with Gasteiger partial charge in [-0.25, -0.2) is 4.79 Å². The Bertz CT molecular complexity index is 511. The van der Waals surface area contributed by atoms with E-state index < -0.39 is 5.97 Å². The van der Waals surface area contributed by atoms with E-state index in [1.807, 2.05) is 12.1 Å². The number of fused-ring (bicyclic) bond motifs is 1. The van der Waals surface area contributed by atoms with Crippen LogP contribution < -0.4 is 0 Å². The molecule has 2 rings (SSSR count). The van der Waals surface area contributed by atoms with Crippen molar-refractivity contribution < 1.29 is 9.90 Å². The molecule has 0 aliphatic carbocycles. The van der Waals surface area contributed by atoms with E-state index >= 15 is 0 Å². The van der Waals surface area contributed by atoms with Gasteiger partial charge in [0.2, 0.25) is 0 Å². The van der Waals surface area contributed by atoms with Gasteiger partial charge in [0, 0.05) is 32.3 Å². The predicted octanol–water partition coefficient (Wildman–Crippen LogP) is 2.81. The van der Waals surface area contributed by atoms with Crippen LogP contribution in [0.5, 0.6) is 0 Å². The van der Waals surface area contributed by atoms with Gasteiger partial charge in [0.05, 0.1) is 5.56 Å². The molecule has 0 fully saturated rings. The first-order valence-electron chi connectivity index (χ1n) is 4.10. The maximum atomic E-state index is 10.9. The molecule has 0 saturated carbocycles. The van der Waals surface area contributed by atoms with Gasteiger partial charge in [0.1, 0.15) is 0 Å². The minimum Gasteiger partial charge on any atom is -0.478 e. The van der Waals surface area contributed by atoms with Gasteiger partial charge >= 0.3 is 5.97 Å². The minimum absolute atomic E-state index is 0. The molecule has 0 aliphatic heterocycles. The summed E-state index contributed by atoms with van der Waals surface area (Å²) in [5.74, 6) is -0.933. The van der Waals surface area contributed by atoms with Crippen molar-refractivity contribution in [3.63, 3.8) is 0 Å². The molecule has 0 bridgehead atoms. The van der Waals surface area contributed by atoms with E-state index in [9.17, 15) is 4.79 Å². The van der Waals surface area contributed by atoms with Crippen LogP contribution in [-0.4, -0.2) is 38.4 Å². The number of hydrogen-bond donors (Lipinski definition) is 1. The molecule has 4 heteroatoms. The molecule has 0 heterocycles. The zero-order chi connectivity index (χ0) is 10.1. The third kappa shape index (κ3) is 2.49. The second-order valence-electron chi connectivity index (χ2n) is 2.98. The summed E-state index contributed by atoms with van der Waals surface area (Å²) in [6.07, 6.45) is 0. The second kappa shape index (κ2) is 4.94. The van der Waals surface area contributed by atoms with Crippen molar-refractivity contribution in [2.45, 2.75) is 0 Å². The van der Waals surface area contributed by atoms with Crippen molar-refractivity contribution >= 4 is 55.6 Å². The number of carbonyl (C=O) groups is 1. The van der Waals surface area contributed by atoms with Gasteiger partial charge in [-0.05, 0) is 29.0 Å². The van der Waals surface area contributed by atoms with Crippen molar-refractivity contribution in [1.29, 1.82) is 0 Å². The van der Waals surface area contributed by atoms with Gasteiger partial charge in [0.25, 0.3) is 0 Å². The first-order chi connectivity index (χ1) is 6.68. The Kier molecular flexibility index (Phi) is 4.10. The smallest absolute Gasteiger partial charge is 0.336 e. The molecule has 0 atom stereocenters. The SMILES string of the molecule is O=C(O)c1cccc2ccc(Cl)cc12.[Tl]. The summed E-state index contributed by atoms with van der Waals surface area (Å²) in [6.45, 7) is 0. The fourth-order valence-electron chi connectivity index (χ4n) is 1.43. The first-order valence-corrected chi connectivity index (χ1v) is 4.48. The summed E-state index contributed by atoms with van der Waals surface area (Å²) in [4.78, 5) is 10.9. The summed E-state index contributed by atoms with van der Waals surface area (Å²) in [5.41, 5.74) is 0.282. The number of carboxylic acid groups (broad SMARTS) is 1. The average molecular weight is 411 g/mol. The fraction of sp³-hybridized carbons (Fsp3) is 0. The summed E-state index contributed by atoms with van der Waals surface area (Å²) < 4.78 is 0. The molecule has 1 radical (unpaired) electrons. The molecule has 15 heavy (non-hydrogen) atoms. The van der Waals surface area contributed by atoms with Gasteiger partial charge in [-0.1, -0.05) is 29.8 Å². The van der Waals surface area contributed by atoms with Gasteiger partial charge in [0.15, 0.2) is 0 Å². The topological polar surface area (TPSA) is 37.3 Å². The molecular weight excluding hydrogens is 404 g/mol. The maximum Gasteiger partial charge on any atom is 0.336 e. The fourth-order valence-corrected chi connectivity index (χ4v) is 1.60. The third-order valence-corrected chi connectivity index (χ3v) is 2.31. The monoisotopic (exact) mass is 411 g/mol. The Morgan fingerprint density at radius 1 is 1.20 bits per heavy atom. The van der Waals surface area contributed by atoms with Crippen LogP contribution in [0.1, 0.15) is 10.4 Å². The van der Waals surface area contributed by atoms with Crippen molar-refractivity contribution in [3.8, 4) is 0 Å². The van der Waals surface area contributed by atoms with Crippen molar-refractivity contribution in [2.24, 2.45) is 0 Å². The van der Waals surface area contributed by atoms with Crippen LogP contribution in [0.2, 0.25) is 5.02 Å². The largest absolute Gasteiger partial charge is 0.478 e. The van der Waals surface area contributed by atoms with Crippen LogP contribution in [0.4, 0.5) is 0 Å². The number of hydrogen-bond acceptors (Lipinski definition) is 1. The van der Waals surface area contributed by atoms with E-state index in [1.54, 1.807) is 24.3 Å². The Morgan fingerprint density at radius 2 is 1.93 bits per heavy atom. The van der Waals surface area contributed by atoms with E-state index in [1.165, 1.54) is 0 Å². The summed E-state index contributed by atoms with van der Waals surface area (Å²) in [7, 11) is 0. The third-order valence-electron chi connectivity index (χ3n) is 2.07. The van der Waals surface area contributed by atoms with E-state index in [0.29, 0.717) is 10.4 Å². The molecule has 0 amide bonds. The quantitative estimate of drug-likeness (QED) is 0.734. The van der Waals surface area contributed by atoms with Gasteiger partial charge < -0.3 is 5.11 Å². The van der Waals surface area contributed by atoms with Crippen LogP contribution in [0.3, 0.4) is 0 Å². The van der Waals surface area contributed by atoms with E-state index in [-0.39, 0.29) is 32.9 Å². The maximum absolute atomic E-state index is 10.9. The number of carboxylic acids is 1. The average Bonchev–Trinajstić information content (AvgIpc) is 2.16. The van der Waals surface area contributed by atoms with Gasteiger partial charge in [-0.2, -0.15) is 0 Å². The number of benzene rings is 2. The van der Waals surface area contributed by atoms with Crippen LogP contribution in [-0.2, 0) is 0 Å². The van der Waals surface area contributed by atoms with E-state index in [2.05, 4.69) is 0 Å². The standard InChI is InChI=1S/C11H7ClO2.Tl/c12-8-5-4-7-2-1-3-9(11(13)14)10(7)6-8;/h1-6H,(H,13,14);. The summed E-state index contributed by atoms with van der Waals surface area (Å²) in [5, 5.41) is 11.0. The molecule has 1 N–H and O–H groups in total. The van der Waals surface area contributed by atoms with E-state index in [0.717, 1.165) is 5.39 Å². The summed E-state index contributed by atoms with van der Waals surface area (Å²) >= 11 is 5.80. The molecule has 0 aliphatic rings. The van der Waals surface area contributed by atoms with Crippen LogP contribution in [0.15, 0.2) is 36.4 Å². The molecule has 73 valence electrons. The number of aromatic carboxylic acids is 1. The Morgan fingerprint density at radius 3 is 2.60 bits per heavy atom. The van der Waals surface area contributed by atoms with Gasteiger partial charge in [-0.3, -0.25) is 0 Å². The zero-order valence-electron chi connectivity index (χ0n) is 7.77. The Balaban J connectivity index is 0.00000112. The normalized spacial score (nSPS) is 9.67. The molecule has 0 aromatic heterocycles. The molecule has 0 spiro atoms. The molecule has 2 nitrogen and oxygen atoms in total. The summed E-state index contributed by atoms with van der Waals surface area (Å²) in [6, 6.07) is 10.4. The van der Waals surface area contributed by atoms with Crippen molar-refractivity contribution in [1.82, 2.24) is 0 Å². The minimum atomic E-state index is -0.933. The van der Waals surface area contributed by atoms with Crippen molar-refractivity contribution in [2.75, 3.05) is 0 Å². The molecule has 0 saturated heterocycles. The van der Waals surface area contributed by atoms with Crippen LogP contribution in [0, 0.1) is 0 Å². The molecule has 2 aromatic rings. The molecular formula is C11H7ClO2Tl. The number of rotatable bonds is 1.